The van der Waals surface area contributed by atoms with Gasteiger partial charge in [0.15, 0.2) is 0 Å². The third-order valence-corrected chi connectivity index (χ3v) is 5.15. The Labute approximate surface area is 181 Å². The molecule has 0 spiro atoms. The minimum atomic E-state index is -0.623. The molecule has 168 valence electrons. The Hall–Kier alpha value is -3.10. The number of ether oxygens (including phenoxy) is 2. The average molecular weight is 431 g/mol. The second-order valence-electron chi connectivity index (χ2n) is 8.19. The molecule has 9 heteroatoms. The number of benzene rings is 1. The Morgan fingerprint density at radius 1 is 1.26 bits per heavy atom. The van der Waals surface area contributed by atoms with Crippen LogP contribution in [0.25, 0.3) is 0 Å². The molecule has 2 N–H and O–H groups in total. The summed E-state index contributed by atoms with van der Waals surface area (Å²) in [5, 5.41) is 5.00. The number of carbonyl (C=O) groups excluding carboxylic acids is 4. The Morgan fingerprint density at radius 3 is 2.81 bits per heavy atom. The highest BCUT2D eigenvalue weighted by Crippen LogP contribution is 2.30. The van der Waals surface area contributed by atoms with Crippen LogP contribution in [0.1, 0.15) is 55.5 Å². The van der Waals surface area contributed by atoms with Gasteiger partial charge in [-0.05, 0) is 48.9 Å². The summed E-state index contributed by atoms with van der Waals surface area (Å²) in [5.74, 6) is 0.0321. The Morgan fingerprint density at radius 2 is 2.06 bits per heavy atom. The summed E-state index contributed by atoms with van der Waals surface area (Å²) in [6.45, 7) is 5.67. The van der Waals surface area contributed by atoms with Crippen molar-refractivity contribution in [2.75, 3.05) is 19.8 Å². The van der Waals surface area contributed by atoms with Crippen molar-refractivity contribution < 1.29 is 28.7 Å². The molecule has 1 aromatic carbocycles. The van der Waals surface area contributed by atoms with Crippen molar-refractivity contribution in [2.24, 2.45) is 5.92 Å². The number of hydrogen-bond donors (Lipinski definition) is 2. The SMILES string of the molecule is CC(C)COC(=O)NCCCCOc1ccc2c(c1)CN(C1CCC(=O)NC1=O)C2=O. The maximum atomic E-state index is 12.7. The van der Waals surface area contributed by atoms with Crippen molar-refractivity contribution in [3.63, 3.8) is 0 Å². The van der Waals surface area contributed by atoms with Crippen molar-refractivity contribution in [2.45, 2.75) is 52.1 Å². The van der Waals surface area contributed by atoms with E-state index in [1.54, 1.807) is 12.1 Å². The van der Waals surface area contributed by atoms with Gasteiger partial charge in [-0.2, -0.15) is 0 Å². The van der Waals surface area contributed by atoms with E-state index in [0.29, 0.717) is 50.0 Å². The Balaban J connectivity index is 1.42. The minimum absolute atomic E-state index is 0.202. The van der Waals surface area contributed by atoms with Gasteiger partial charge in [-0.3, -0.25) is 19.7 Å². The molecule has 0 aromatic heterocycles. The number of rotatable bonds is 9. The first-order chi connectivity index (χ1) is 14.8. The molecular formula is C22H29N3O6. The molecule has 0 saturated carbocycles. The molecule has 1 aromatic rings. The molecule has 2 heterocycles. The van der Waals surface area contributed by atoms with Gasteiger partial charge in [0.05, 0.1) is 13.2 Å². The van der Waals surface area contributed by atoms with Crippen LogP contribution in [0, 0.1) is 5.92 Å². The van der Waals surface area contributed by atoms with E-state index < -0.39 is 18.0 Å². The van der Waals surface area contributed by atoms with E-state index in [2.05, 4.69) is 10.6 Å². The zero-order chi connectivity index (χ0) is 22.4. The molecule has 31 heavy (non-hydrogen) atoms. The summed E-state index contributed by atoms with van der Waals surface area (Å²) in [4.78, 5) is 49.1. The molecule has 0 aliphatic carbocycles. The number of nitrogens with zero attached hydrogens (tertiary/aromatic N) is 1. The van der Waals surface area contributed by atoms with Crippen LogP contribution in [0.2, 0.25) is 0 Å². The first-order valence-corrected chi connectivity index (χ1v) is 10.7. The lowest BCUT2D eigenvalue weighted by molar-refractivity contribution is -0.136. The quantitative estimate of drug-likeness (QED) is 0.457. The van der Waals surface area contributed by atoms with Crippen LogP contribution in [0.15, 0.2) is 18.2 Å². The number of fused-ring (bicyclic) bond motifs is 1. The van der Waals surface area contributed by atoms with Crippen molar-refractivity contribution in [3.05, 3.63) is 29.3 Å². The molecule has 1 unspecified atom stereocenters. The number of imide groups is 1. The van der Waals surface area contributed by atoms with Crippen LogP contribution >= 0.6 is 0 Å². The van der Waals surface area contributed by atoms with Gasteiger partial charge in [0.1, 0.15) is 11.8 Å². The largest absolute Gasteiger partial charge is 0.494 e. The maximum absolute atomic E-state index is 12.7. The van der Waals surface area contributed by atoms with Gasteiger partial charge in [-0.25, -0.2) is 4.79 Å². The molecule has 2 aliphatic rings. The standard InChI is InChI=1S/C22H29N3O6/c1-14(2)13-31-22(29)23-9-3-4-10-30-16-5-6-17-15(11-16)12-25(21(17)28)18-7-8-19(26)24-20(18)27/h5-6,11,14,18H,3-4,7-10,12-13H2,1-2H3,(H,23,29)(H,24,26,27). The molecule has 3 rings (SSSR count). The predicted octanol–water partition coefficient (Wildman–Crippen LogP) is 1.99. The molecule has 4 amide bonds. The number of piperidine rings is 1. The number of carbonyl (C=O) groups is 4. The summed E-state index contributed by atoms with van der Waals surface area (Å²) < 4.78 is 10.8. The molecule has 1 atom stereocenters. The molecule has 2 aliphatic heterocycles. The zero-order valence-electron chi connectivity index (χ0n) is 17.9. The first-order valence-electron chi connectivity index (χ1n) is 10.7. The van der Waals surface area contributed by atoms with Gasteiger partial charge in [-0.15, -0.1) is 0 Å². The average Bonchev–Trinajstić information content (AvgIpc) is 3.04. The Bertz CT molecular complexity index is 854. The lowest BCUT2D eigenvalue weighted by Crippen LogP contribution is -2.52. The normalized spacial score (nSPS) is 18.1. The highest BCUT2D eigenvalue weighted by atomic mass is 16.5. The lowest BCUT2D eigenvalue weighted by Gasteiger charge is -2.29. The second kappa shape index (κ2) is 10.3. The van der Waals surface area contributed by atoms with Gasteiger partial charge in [0.25, 0.3) is 5.91 Å². The minimum Gasteiger partial charge on any atom is -0.494 e. The van der Waals surface area contributed by atoms with Crippen LogP contribution < -0.4 is 15.4 Å². The summed E-state index contributed by atoms with van der Waals surface area (Å²) in [5.41, 5.74) is 1.36. The van der Waals surface area contributed by atoms with E-state index in [9.17, 15) is 19.2 Å². The van der Waals surface area contributed by atoms with Crippen LogP contribution in [0.5, 0.6) is 5.75 Å². The second-order valence-corrected chi connectivity index (χ2v) is 8.19. The zero-order valence-corrected chi connectivity index (χ0v) is 17.9. The van der Waals surface area contributed by atoms with Crippen molar-refractivity contribution >= 4 is 23.8 Å². The molecule has 1 saturated heterocycles. The molecular weight excluding hydrogens is 402 g/mol. The summed E-state index contributed by atoms with van der Waals surface area (Å²) in [7, 11) is 0. The third kappa shape index (κ3) is 5.96. The summed E-state index contributed by atoms with van der Waals surface area (Å²) in [6, 6.07) is 4.65. The number of alkyl carbamates (subject to hydrolysis) is 1. The van der Waals surface area contributed by atoms with E-state index in [0.717, 1.165) is 18.4 Å². The molecule has 9 nitrogen and oxygen atoms in total. The predicted molar refractivity (Wildman–Crippen MR) is 111 cm³/mol. The monoisotopic (exact) mass is 431 g/mol. The highest BCUT2D eigenvalue weighted by molar-refractivity contribution is 6.05. The van der Waals surface area contributed by atoms with E-state index in [1.165, 1.54) is 4.90 Å². The van der Waals surface area contributed by atoms with Gasteiger partial charge in [0.2, 0.25) is 11.8 Å². The van der Waals surface area contributed by atoms with Crippen LogP contribution in [-0.4, -0.2) is 54.5 Å². The Kier molecular flexibility index (Phi) is 7.49. The topological polar surface area (TPSA) is 114 Å². The lowest BCUT2D eigenvalue weighted by atomic mass is 10.0. The van der Waals surface area contributed by atoms with Crippen LogP contribution in [0.3, 0.4) is 0 Å². The van der Waals surface area contributed by atoms with Gasteiger partial charge in [-0.1, -0.05) is 13.8 Å². The third-order valence-electron chi connectivity index (χ3n) is 5.15. The molecule has 0 radical (unpaired) electrons. The number of hydrogen-bond acceptors (Lipinski definition) is 6. The van der Waals surface area contributed by atoms with Crippen LogP contribution in [-0.2, 0) is 20.9 Å². The maximum Gasteiger partial charge on any atom is 0.407 e. The van der Waals surface area contributed by atoms with E-state index in [-0.39, 0.29) is 18.2 Å². The van der Waals surface area contributed by atoms with Crippen molar-refractivity contribution in [1.82, 2.24) is 15.5 Å². The fourth-order valence-electron chi connectivity index (χ4n) is 3.54. The number of amides is 4. The highest BCUT2D eigenvalue weighted by Gasteiger charge is 2.39. The number of nitrogens with one attached hydrogen (secondary N) is 2. The van der Waals surface area contributed by atoms with Gasteiger partial charge >= 0.3 is 6.09 Å². The van der Waals surface area contributed by atoms with Crippen LogP contribution in [0.4, 0.5) is 4.79 Å². The summed E-state index contributed by atoms with van der Waals surface area (Å²) in [6.07, 6.45) is 1.67. The van der Waals surface area contributed by atoms with Crippen molar-refractivity contribution in [3.8, 4) is 5.75 Å². The first kappa shape index (κ1) is 22.6. The summed E-state index contributed by atoms with van der Waals surface area (Å²) >= 11 is 0. The van der Waals surface area contributed by atoms with E-state index >= 15 is 0 Å². The van der Waals surface area contributed by atoms with E-state index in [1.807, 2.05) is 19.9 Å². The fourth-order valence-corrected chi connectivity index (χ4v) is 3.54. The van der Waals surface area contributed by atoms with Gasteiger partial charge < -0.3 is 19.7 Å². The number of unbranched alkanes of at least 4 members (excludes halogenated alkanes) is 1. The smallest absolute Gasteiger partial charge is 0.407 e. The van der Waals surface area contributed by atoms with Gasteiger partial charge in [0, 0.05) is 25.1 Å². The van der Waals surface area contributed by atoms with Crippen molar-refractivity contribution in [1.29, 1.82) is 0 Å². The van der Waals surface area contributed by atoms with E-state index in [4.69, 9.17) is 9.47 Å². The molecule has 0 bridgehead atoms. The molecule has 1 fully saturated rings. The fraction of sp³-hybridized carbons (Fsp3) is 0.545.